The van der Waals surface area contributed by atoms with Gasteiger partial charge in [-0.15, -0.1) is 0 Å². The summed E-state index contributed by atoms with van der Waals surface area (Å²) in [5, 5.41) is 3.44. The van der Waals surface area contributed by atoms with Gasteiger partial charge in [-0.05, 0) is 73.5 Å². The molecule has 3 aromatic rings. The lowest BCUT2D eigenvalue weighted by molar-refractivity contribution is 0.102. The van der Waals surface area contributed by atoms with E-state index >= 15 is 0 Å². The first-order valence-electron chi connectivity index (χ1n) is 12.4. The van der Waals surface area contributed by atoms with E-state index in [0.717, 1.165) is 36.2 Å². The molecule has 39 heavy (non-hydrogen) atoms. The Hall–Kier alpha value is -2.63. The first kappa shape index (κ1) is 29.4. The molecule has 1 amide bonds. The summed E-state index contributed by atoms with van der Waals surface area (Å²) in [4.78, 5) is 13.0. The minimum absolute atomic E-state index is 0.0738. The number of amides is 1. The maximum absolute atomic E-state index is 13.0. The Morgan fingerprint density at radius 1 is 0.846 bits per heavy atom. The summed E-state index contributed by atoms with van der Waals surface area (Å²) in [6, 6.07) is 17.1. The predicted octanol–water partition coefficient (Wildman–Crippen LogP) is 5.78. The van der Waals surface area contributed by atoms with Crippen molar-refractivity contribution in [3.8, 4) is 0 Å². The molecule has 0 aliphatic carbocycles. The molecule has 1 N–H and O–H groups in total. The van der Waals surface area contributed by atoms with Gasteiger partial charge in [0, 0.05) is 39.9 Å². The number of benzene rings is 3. The Morgan fingerprint density at radius 2 is 1.41 bits per heavy atom. The third-order valence-electron chi connectivity index (χ3n) is 6.50. The molecule has 1 fully saturated rings. The summed E-state index contributed by atoms with van der Waals surface area (Å²) in [5.41, 5.74) is 1.54. The molecule has 0 aromatic heterocycles. The van der Waals surface area contributed by atoms with Crippen LogP contribution in [0.3, 0.4) is 0 Å². The lowest BCUT2D eigenvalue weighted by Crippen LogP contribution is -2.31. The summed E-state index contributed by atoms with van der Waals surface area (Å²) < 4.78 is 53.7. The number of rotatable bonds is 8. The molecule has 0 atom stereocenters. The quantitative estimate of drug-likeness (QED) is 0.349. The van der Waals surface area contributed by atoms with Gasteiger partial charge in [0.1, 0.15) is 0 Å². The zero-order valence-corrected chi connectivity index (χ0v) is 24.5. The van der Waals surface area contributed by atoms with Crippen LogP contribution in [0.4, 0.5) is 11.4 Å². The van der Waals surface area contributed by atoms with Crippen molar-refractivity contribution in [3.63, 3.8) is 0 Å². The van der Waals surface area contributed by atoms with Crippen molar-refractivity contribution < 1.29 is 21.6 Å². The minimum atomic E-state index is -3.69. The van der Waals surface area contributed by atoms with Crippen LogP contribution in [0.1, 0.15) is 41.6 Å². The second-order valence-electron chi connectivity index (χ2n) is 9.31. The largest absolute Gasteiger partial charge is 0.322 e. The van der Waals surface area contributed by atoms with Crippen LogP contribution in [0.15, 0.2) is 71.6 Å². The van der Waals surface area contributed by atoms with E-state index in [-0.39, 0.29) is 11.4 Å². The van der Waals surface area contributed by atoms with Crippen molar-refractivity contribution in [2.45, 2.75) is 37.1 Å². The fraction of sp³-hybridized carbons (Fsp3) is 0.296. The fourth-order valence-corrected chi connectivity index (χ4v) is 7.25. The molecule has 0 saturated carbocycles. The molecular weight excluding hydrogens is 581 g/mol. The van der Waals surface area contributed by atoms with E-state index in [1.54, 1.807) is 30.3 Å². The molecular formula is C27H29Cl2N3O5S2. The van der Waals surface area contributed by atoms with Crippen LogP contribution in [0.25, 0.3) is 0 Å². The number of nitrogens with zero attached hydrogens (tertiary/aromatic N) is 2. The summed E-state index contributed by atoms with van der Waals surface area (Å²) >= 11 is 12.5. The molecule has 1 aliphatic heterocycles. The minimum Gasteiger partial charge on any atom is -0.322 e. The van der Waals surface area contributed by atoms with Crippen LogP contribution in [-0.2, 0) is 26.6 Å². The number of halogens is 2. The molecule has 3 aromatic carbocycles. The zero-order chi connectivity index (χ0) is 28.2. The Morgan fingerprint density at radius 3 is 1.95 bits per heavy atom. The van der Waals surface area contributed by atoms with Gasteiger partial charge in [-0.25, -0.2) is 16.8 Å². The van der Waals surface area contributed by atoms with E-state index in [0.29, 0.717) is 45.6 Å². The van der Waals surface area contributed by atoms with Gasteiger partial charge < -0.3 is 5.32 Å². The SMILES string of the molecule is CS(=O)(=O)N(Cc1c(Cl)cccc1Cl)c1ccc(C(=O)Nc2ccc(S(=O)(=O)N3CCCCCC3)cc2)cc1. The molecule has 0 spiro atoms. The number of hydrogen-bond donors (Lipinski definition) is 1. The summed E-state index contributed by atoms with van der Waals surface area (Å²) in [6.45, 7) is 0.952. The normalized spacial score (nSPS) is 14.9. The third kappa shape index (κ3) is 7.12. The second kappa shape index (κ2) is 12.3. The number of hydrogen-bond acceptors (Lipinski definition) is 5. The molecule has 0 radical (unpaired) electrons. The number of sulfonamides is 2. The van der Waals surface area contributed by atoms with Crippen LogP contribution in [0.5, 0.6) is 0 Å². The summed E-state index contributed by atoms with van der Waals surface area (Å²) in [6.07, 6.45) is 4.83. The van der Waals surface area contributed by atoms with Gasteiger partial charge in [0.05, 0.1) is 23.4 Å². The molecule has 0 unspecified atom stereocenters. The maximum atomic E-state index is 13.0. The van der Waals surface area contributed by atoms with Crippen molar-refractivity contribution >= 4 is 60.5 Å². The van der Waals surface area contributed by atoms with E-state index in [2.05, 4.69) is 5.32 Å². The smallest absolute Gasteiger partial charge is 0.255 e. The van der Waals surface area contributed by atoms with Crippen molar-refractivity contribution in [3.05, 3.63) is 87.9 Å². The molecule has 1 aliphatic rings. The van der Waals surface area contributed by atoms with Crippen molar-refractivity contribution in [1.82, 2.24) is 4.31 Å². The van der Waals surface area contributed by atoms with E-state index < -0.39 is 26.0 Å². The monoisotopic (exact) mass is 609 g/mol. The molecule has 0 bridgehead atoms. The van der Waals surface area contributed by atoms with Crippen molar-refractivity contribution in [1.29, 1.82) is 0 Å². The first-order chi connectivity index (χ1) is 18.5. The van der Waals surface area contributed by atoms with E-state index in [1.807, 2.05) is 0 Å². The Labute approximate surface area is 239 Å². The van der Waals surface area contributed by atoms with Crippen molar-refractivity contribution in [2.75, 3.05) is 29.0 Å². The highest BCUT2D eigenvalue weighted by molar-refractivity contribution is 7.92. The number of carbonyl (C=O) groups excluding carboxylic acids is 1. The first-order valence-corrected chi connectivity index (χ1v) is 16.4. The molecule has 8 nitrogen and oxygen atoms in total. The van der Waals surface area contributed by atoms with E-state index in [1.165, 1.54) is 40.7 Å². The topological polar surface area (TPSA) is 104 Å². The summed E-state index contributed by atoms with van der Waals surface area (Å²) in [5.74, 6) is -0.426. The van der Waals surface area contributed by atoms with E-state index in [4.69, 9.17) is 23.2 Å². The van der Waals surface area contributed by atoms with Crippen LogP contribution < -0.4 is 9.62 Å². The lowest BCUT2D eigenvalue weighted by Gasteiger charge is -2.23. The highest BCUT2D eigenvalue weighted by Gasteiger charge is 2.25. The van der Waals surface area contributed by atoms with Crippen LogP contribution in [-0.4, -0.2) is 46.4 Å². The van der Waals surface area contributed by atoms with Crippen molar-refractivity contribution in [2.24, 2.45) is 0 Å². The van der Waals surface area contributed by atoms with Crippen LogP contribution >= 0.6 is 23.2 Å². The predicted molar refractivity (Wildman–Crippen MR) is 156 cm³/mol. The Balaban J connectivity index is 1.47. The Kier molecular flexibility index (Phi) is 9.23. The standard InChI is InChI=1S/C27H29Cl2N3O5S2/c1-38(34,35)32(19-24-25(28)7-6-8-26(24)29)22-13-9-20(10-14-22)27(33)30-21-11-15-23(16-12-21)39(36,37)31-17-4-2-3-5-18-31/h6-16H,2-5,17-19H2,1H3,(H,30,33). The molecule has 4 rings (SSSR count). The number of anilines is 2. The van der Waals surface area contributed by atoms with Gasteiger partial charge in [0.25, 0.3) is 5.91 Å². The lowest BCUT2D eigenvalue weighted by atomic mass is 10.1. The van der Waals surface area contributed by atoms with Gasteiger partial charge in [0.2, 0.25) is 20.0 Å². The van der Waals surface area contributed by atoms with Gasteiger partial charge in [-0.3, -0.25) is 9.10 Å². The maximum Gasteiger partial charge on any atom is 0.255 e. The average molecular weight is 611 g/mol. The molecule has 1 heterocycles. The van der Waals surface area contributed by atoms with E-state index in [9.17, 15) is 21.6 Å². The van der Waals surface area contributed by atoms with Gasteiger partial charge in [-0.1, -0.05) is 42.1 Å². The highest BCUT2D eigenvalue weighted by atomic mass is 35.5. The molecule has 12 heteroatoms. The number of carbonyl (C=O) groups is 1. The molecule has 208 valence electrons. The second-order valence-corrected chi connectivity index (χ2v) is 14.0. The summed E-state index contributed by atoms with van der Waals surface area (Å²) in [7, 11) is -7.28. The highest BCUT2D eigenvalue weighted by Crippen LogP contribution is 2.29. The Bertz CT molecular complexity index is 1520. The zero-order valence-electron chi connectivity index (χ0n) is 21.3. The number of nitrogens with one attached hydrogen (secondary N) is 1. The average Bonchev–Trinajstić information content (AvgIpc) is 3.19. The van der Waals surface area contributed by atoms with Gasteiger partial charge in [0.15, 0.2) is 0 Å². The molecule has 1 saturated heterocycles. The van der Waals surface area contributed by atoms with Crippen LogP contribution in [0.2, 0.25) is 10.0 Å². The van der Waals surface area contributed by atoms with Gasteiger partial charge >= 0.3 is 0 Å². The van der Waals surface area contributed by atoms with Crippen LogP contribution in [0, 0.1) is 0 Å². The third-order valence-corrected chi connectivity index (χ3v) is 10.3. The fourth-order valence-electron chi connectivity index (χ4n) is 4.35. The van der Waals surface area contributed by atoms with Gasteiger partial charge in [-0.2, -0.15) is 4.31 Å².